The van der Waals surface area contributed by atoms with Crippen LogP contribution in [0.5, 0.6) is 5.75 Å². The third-order valence-corrected chi connectivity index (χ3v) is 6.68. The van der Waals surface area contributed by atoms with Crippen LogP contribution in [0.4, 0.5) is 0 Å². The summed E-state index contributed by atoms with van der Waals surface area (Å²) in [7, 11) is 1.59. The van der Waals surface area contributed by atoms with Crippen LogP contribution in [-0.4, -0.2) is 34.3 Å². The van der Waals surface area contributed by atoms with Gasteiger partial charge in [0.25, 0.3) is 0 Å². The number of hydrogen-bond donors (Lipinski definition) is 0. The van der Waals surface area contributed by atoms with E-state index in [4.69, 9.17) is 9.47 Å². The number of allylic oxidation sites excluding steroid dienone is 1. The van der Waals surface area contributed by atoms with Gasteiger partial charge < -0.3 is 9.47 Å². The predicted molar refractivity (Wildman–Crippen MR) is 121 cm³/mol. The Morgan fingerprint density at radius 2 is 1.94 bits per heavy atom. The Balaban J connectivity index is 1.73. The van der Waals surface area contributed by atoms with Crippen molar-refractivity contribution in [2.45, 2.75) is 38.2 Å². The van der Waals surface area contributed by atoms with Gasteiger partial charge in [-0.25, -0.2) is 9.79 Å². The first kappa shape index (κ1) is 21.2. The average molecular weight is 437 g/mol. The molecule has 160 valence electrons. The van der Waals surface area contributed by atoms with Crippen molar-refractivity contribution in [1.29, 1.82) is 0 Å². The van der Waals surface area contributed by atoms with Crippen molar-refractivity contribution in [3.63, 3.8) is 0 Å². The number of nitrogens with zero attached hydrogens (tertiary/aromatic N) is 2. The molecular weight excluding hydrogens is 412 g/mol. The average Bonchev–Trinajstić information content (AvgIpc) is 3.12. The van der Waals surface area contributed by atoms with Crippen molar-refractivity contribution in [2.75, 3.05) is 7.11 Å². The normalized spacial score (nSPS) is 20.4. The van der Waals surface area contributed by atoms with Gasteiger partial charge in [-0.05, 0) is 36.6 Å². The van der Waals surface area contributed by atoms with Crippen LogP contribution in [-0.2, 0) is 20.9 Å². The van der Waals surface area contributed by atoms with Crippen LogP contribution in [0.1, 0.15) is 37.4 Å². The van der Waals surface area contributed by atoms with Gasteiger partial charge in [-0.3, -0.25) is 9.69 Å². The Labute approximate surface area is 185 Å². The second-order valence-corrected chi connectivity index (χ2v) is 8.53. The molecule has 0 N–H and O–H groups in total. The summed E-state index contributed by atoms with van der Waals surface area (Å²) in [6.07, 6.45) is 0.691. The number of amidine groups is 1. The molecule has 2 heterocycles. The van der Waals surface area contributed by atoms with Crippen molar-refractivity contribution in [3.05, 3.63) is 77.0 Å². The van der Waals surface area contributed by atoms with Gasteiger partial charge in [-0.15, -0.1) is 0 Å². The van der Waals surface area contributed by atoms with Gasteiger partial charge in [-0.1, -0.05) is 61.2 Å². The maximum absolute atomic E-state index is 13.2. The molecular formula is C24H24N2O4S. The Morgan fingerprint density at radius 1 is 1.16 bits per heavy atom. The first-order valence-corrected chi connectivity index (χ1v) is 11.1. The molecule has 0 aromatic heterocycles. The summed E-state index contributed by atoms with van der Waals surface area (Å²) >= 11 is 1.45. The second-order valence-electron chi connectivity index (χ2n) is 7.36. The van der Waals surface area contributed by atoms with E-state index in [9.17, 15) is 9.59 Å². The predicted octanol–water partition coefficient (Wildman–Crippen LogP) is 4.48. The van der Waals surface area contributed by atoms with Crippen LogP contribution in [0.2, 0.25) is 0 Å². The summed E-state index contributed by atoms with van der Waals surface area (Å²) < 4.78 is 11.0. The number of amides is 1. The number of rotatable bonds is 6. The highest BCUT2D eigenvalue weighted by molar-refractivity contribution is 8.15. The molecule has 2 aliphatic rings. The summed E-state index contributed by atoms with van der Waals surface area (Å²) in [6.45, 7) is 3.92. The highest BCUT2D eigenvalue weighted by Crippen LogP contribution is 2.44. The van der Waals surface area contributed by atoms with Crippen LogP contribution in [0.25, 0.3) is 0 Å². The maximum Gasteiger partial charge on any atom is 0.338 e. The Morgan fingerprint density at radius 3 is 2.65 bits per heavy atom. The van der Waals surface area contributed by atoms with Crippen LogP contribution < -0.4 is 4.74 Å². The smallest absolute Gasteiger partial charge is 0.338 e. The Kier molecular flexibility index (Phi) is 6.13. The molecule has 31 heavy (non-hydrogen) atoms. The number of aliphatic imine (C=N–C) groups is 1. The van der Waals surface area contributed by atoms with Gasteiger partial charge in [0.2, 0.25) is 5.91 Å². The zero-order chi connectivity index (χ0) is 22.0. The molecule has 1 fully saturated rings. The highest BCUT2D eigenvalue weighted by Gasteiger charge is 2.47. The lowest BCUT2D eigenvalue weighted by Crippen LogP contribution is -2.40. The molecule has 0 bridgehead atoms. The summed E-state index contributed by atoms with van der Waals surface area (Å²) in [5.74, 6) is 0.136. The molecule has 2 atom stereocenters. The zero-order valence-electron chi connectivity index (χ0n) is 17.7. The number of fused-ring (bicyclic) bond motifs is 1. The fraction of sp³-hybridized carbons (Fsp3) is 0.292. The van der Waals surface area contributed by atoms with Crippen LogP contribution in [0, 0.1) is 0 Å². The van der Waals surface area contributed by atoms with Gasteiger partial charge in [0.1, 0.15) is 12.4 Å². The molecule has 1 amide bonds. The summed E-state index contributed by atoms with van der Waals surface area (Å²) in [6, 6.07) is 16.3. The van der Waals surface area contributed by atoms with Gasteiger partial charge >= 0.3 is 5.97 Å². The number of hydrogen-bond acceptors (Lipinski definition) is 6. The van der Waals surface area contributed by atoms with E-state index in [1.165, 1.54) is 11.8 Å². The topological polar surface area (TPSA) is 68.2 Å². The van der Waals surface area contributed by atoms with Gasteiger partial charge in [0.05, 0.1) is 29.7 Å². The van der Waals surface area contributed by atoms with Gasteiger partial charge in [0, 0.05) is 0 Å². The SMILES string of the molecule is CC[C@@H]1SC2=NC(C)=C(C(=O)OCc3ccccc3)[C@@H](c3cccc(OC)c3)N2C1=O. The van der Waals surface area contributed by atoms with Crippen LogP contribution in [0.3, 0.4) is 0 Å². The van der Waals surface area contributed by atoms with E-state index >= 15 is 0 Å². The monoisotopic (exact) mass is 436 g/mol. The van der Waals surface area contributed by atoms with Crippen molar-refractivity contribution in [2.24, 2.45) is 4.99 Å². The number of benzene rings is 2. The number of carbonyl (C=O) groups excluding carboxylic acids is 2. The van der Waals surface area contributed by atoms with E-state index in [2.05, 4.69) is 4.99 Å². The third-order valence-electron chi connectivity index (χ3n) is 5.36. The van der Waals surface area contributed by atoms with E-state index in [1.54, 1.807) is 18.9 Å². The zero-order valence-corrected chi connectivity index (χ0v) is 18.5. The lowest BCUT2D eigenvalue weighted by atomic mass is 9.94. The summed E-state index contributed by atoms with van der Waals surface area (Å²) in [4.78, 5) is 32.7. The number of carbonyl (C=O) groups is 2. The lowest BCUT2D eigenvalue weighted by molar-refractivity contribution is -0.141. The van der Waals surface area contributed by atoms with E-state index in [1.807, 2.05) is 61.5 Å². The molecule has 0 radical (unpaired) electrons. The maximum atomic E-state index is 13.2. The van der Waals surface area contributed by atoms with E-state index in [0.29, 0.717) is 28.6 Å². The molecule has 7 heteroatoms. The summed E-state index contributed by atoms with van der Waals surface area (Å²) in [5.41, 5.74) is 2.61. The standard InChI is InChI=1S/C24H24N2O4S/c1-4-19-22(27)26-21(17-11-8-12-18(13-17)29-3)20(15(2)25-24(26)31-19)23(28)30-14-16-9-6-5-7-10-16/h5-13,19,21H,4,14H2,1-3H3/t19-,21+/m0/s1. The van der Waals surface area contributed by atoms with Crippen LogP contribution >= 0.6 is 11.8 Å². The molecule has 4 rings (SSSR count). The molecule has 0 saturated carbocycles. The Hall–Kier alpha value is -3.06. The van der Waals surface area contributed by atoms with Crippen molar-refractivity contribution < 1.29 is 19.1 Å². The molecule has 0 aliphatic carbocycles. The molecule has 0 unspecified atom stereocenters. The first-order valence-electron chi connectivity index (χ1n) is 10.2. The number of methoxy groups -OCH3 is 1. The molecule has 1 saturated heterocycles. The Bertz CT molecular complexity index is 1060. The number of ether oxygens (including phenoxy) is 2. The highest BCUT2D eigenvalue weighted by atomic mass is 32.2. The van der Waals surface area contributed by atoms with E-state index in [0.717, 1.165) is 11.1 Å². The molecule has 2 aromatic carbocycles. The van der Waals surface area contributed by atoms with E-state index in [-0.39, 0.29) is 17.8 Å². The van der Waals surface area contributed by atoms with Crippen LogP contribution in [0.15, 0.2) is 70.9 Å². The van der Waals surface area contributed by atoms with E-state index < -0.39 is 12.0 Å². The fourth-order valence-corrected chi connectivity index (χ4v) is 4.91. The molecule has 2 aliphatic heterocycles. The number of esters is 1. The fourth-order valence-electron chi connectivity index (χ4n) is 3.78. The third kappa shape index (κ3) is 4.10. The molecule has 0 spiro atoms. The lowest BCUT2D eigenvalue weighted by Gasteiger charge is -2.33. The van der Waals surface area contributed by atoms with Gasteiger partial charge in [-0.2, -0.15) is 0 Å². The molecule has 2 aromatic rings. The van der Waals surface area contributed by atoms with Crippen molar-refractivity contribution in [1.82, 2.24) is 4.90 Å². The summed E-state index contributed by atoms with van der Waals surface area (Å²) in [5, 5.41) is 0.418. The van der Waals surface area contributed by atoms with Crippen molar-refractivity contribution >= 4 is 28.8 Å². The minimum Gasteiger partial charge on any atom is -0.497 e. The largest absolute Gasteiger partial charge is 0.497 e. The van der Waals surface area contributed by atoms with Gasteiger partial charge in [0.15, 0.2) is 5.17 Å². The first-order chi connectivity index (χ1) is 15.0. The minimum absolute atomic E-state index is 0.0417. The minimum atomic E-state index is -0.609. The molecule has 6 nitrogen and oxygen atoms in total. The second kappa shape index (κ2) is 8.98. The van der Waals surface area contributed by atoms with Crippen molar-refractivity contribution in [3.8, 4) is 5.75 Å². The quantitative estimate of drug-likeness (QED) is 0.625. The number of thioether (sulfide) groups is 1.